The van der Waals surface area contributed by atoms with Crippen molar-refractivity contribution >= 4 is 10.9 Å². The van der Waals surface area contributed by atoms with Crippen LogP contribution in [0.4, 0.5) is 4.39 Å². The molecule has 0 bridgehead atoms. The molecule has 0 amide bonds. The minimum atomic E-state index is -0.253. The second kappa shape index (κ2) is 5.35. The summed E-state index contributed by atoms with van der Waals surface area (Å²) in [5.41, 5.74) is 4.61. The molecule has 1 aromatic heterocycles. The maximum atomic E-state index is 13.9. The summed E-state index contributed by atoms with van der Waals surface area (Å²) in [6.07, 6.45) is 3.17. The number of phenols is 1. The molecule has 3 nitrogen and oxygen atoms in total. The Morgan fingerprint density at radius 3 is 2.56 bits per heavy atom. The molecule has 27 heavy (non-hydrogen) atoms. The number of benzene rings is 2. The highest BCUT2D eigenvalue weighted by atomic mass is 19.1. The Morgan fingerprint density at radius 2 is 1.89 bits per heavy atom. The van der Waals surface area contributed by atoms with Gasteiger partial charge in [0, 0.05) is 27.7 Å². The summed E-state index contributed by atoms with van der Waals surface area (Å²) >= 11 is 0. The Bertz CT molecular complexity index is 1080. The van der Waals surface area contributed by atoms with Gasteiger partial charge in [-0.05, 0) is 68.1 Å². The third-order valence-electron chi connectivity index (χ3n) is 6.32. The molecule has 2 heterocycles. The molecule has 2 aliphatic rings. The first-order valence-corrected chi connectivity index (χ1v) is 9.61. The minimum Gasteiger partial charge on any atom is -0.508 e. The van der Waals surface area contributed by atoms with E-state index in [1.165, 1.54) is 17.3 Å². The Kier molecular flexibility index (Phi) is 3.33. The molecule has 0 saturated heterocycles. The normalized spacial score (nSPS) is 19.9. The number of aromatic nitrogens is 1. The Labute approximate surface area is 158 Å². The fourth-order valence-electron chi connectivity index (χ4n) is 4.77. The molecule has 0 atom stereocenters. The summed E-state index contributed by atoms with van der Waals surface area (Å²) in [6, 6.07) is 10.8. The number of aromatic hydroxyl groups is 1. The van der Waals surface area contributed by atoms with Crippen LogP contribution in [-0.4, -0.2) is 16.3 Å². The van der Waals surface area contributed by atoms with Crippen LogP contribution in [0.1, 0.15) is 49.9 Å². The van der Waals surface area contributed by atoms with Gasteiger partial charge in [0.2, 0.25) is 0 Å². The van der Waals surface area contributed by atoms with Gasteiger partial charge in [-0.1, -0.05) is 13.8 Å². The number of hydrogen-bond acceptors (Lipinski definition) is 2. The van der Waals surface area contributed by atoms with Crippen LogP contribution in [0, 0.1) is 12.7 Å². The predicted octanol–water partition coefficient (Wildman–Crippen LogP) is 5.47. The first kappa shape index (κ1) is 16.8. The summed E-state index contributed by atoms with van der Waals surface area (Å²) in [6.45, 7) is 6.85. The van der Waals surface area contributed by atoms with Gasteiger partial charge in [-0.15, -0.1) is 0 Å². The fraction of sp³-hybridized carbons (Fsp3) is 0.391. The van der Waals surface area contributed by atoms with E-state index in [-0.39, 0.29) is 22.6 Å². The summed E-state index contributed by atoms with van der Waals surface area (Å²) in [5.74, 6) is 0.0652. The minimum absolute atomic E-state index is 0.187. The van der Waals surface area contributed by atoms with Gasteiger partial charge in [-0.2, -0.15) is 0 Å². The average Bonchev–Trinajstić information content (AvgIpc) is 2.92. The first-order valence-electron chi connectivity index (χ1n) is 9.61. The molecule has 0 radical (unpaired) electrons. The van der Waals surface area contributed by atoms with E-state index in [2.05, 4.69) is 18.4 Å². The molecular weight excluding hydrogens is 341 g/mol. The molecule has 1 N–H and O–H groups in total. The number of phenolic OH excluding ortho intramolecular Hbond substituents is 1. The van der Waals surface area contributed by atoms with Crippen LogP contribution < -0.4 is 0 Å². The zero-order chi connectivity index (χ0) is 19.0. The quantitative estimate of drug-likeness (QED) is 0.620. The highest BCUT2D eigenvalue weighted by molar-refractivity contribution is 5.90. The van der Waals surface area contributed by atoms with Crippen molar-refractivity contribution < 1.29 is 14.2 Å². The van der Waals surface area contributed by atoms with Crippen molar-refractivity contribution in [3.63, 3.8) is 0 Å². The number of halogens is 1. The molecule has 5 rings (SSSR count). The van der Waals surface area contributed by atoms with Gasteiger partial charge >= 0.3 is 0 Å². The topological polar surface area (TPSA) is 34.4 Å². The number of ether oxygens (including phenoxy) is 1. The van der Waals surface area contributed by atoms with Crippen LogP contribution >= 0.6 is 0 Å². The van der Waals surface area contributed by atoms with E-state index >= 15 is 0 Å². The summed E-state index contributed by atoms with van der Waals surface area (Å²) < 4.78 is 22.6. The van der Waals surface area contributed by atoms with E-state index in [0.29, 0.717) is 12.2 Å². The van der Waals surface area contributed by atoms with Crippen molar-refractivity contribution in [1.82, 2.24) is 4.57 Å². The average molecular weight is 365 g/mol. The van der Waals surface area contributed by atoms with Crippen LogP contribution in [0.25, 0.3) is 16.6 Å². The van der Waals surface area contributed by atoms with E-state index in [0.717, 1.165) is 35.9 Å². The van der Waals surface area contributed by atoms with E-state index in [1.807, 2.05) is 24.3 Å². The van der Waals surface area contributed by atoms with E-state index in [4.69, 9.17) is 4.74 Å². The van der Waals surface area contributed by atoms with Crippen molar-refractivity contribution in [1.29, 1.82) is 0 Å². The SMILES string of the molecule is Cc1cc(-n2c3c(c4cc(O)ccc42)C2(CCC2)OCC3(C)C)ccc1F. The first-order chi connectivity index (χ1) is 12.8. The van der Waals surface area contributed by atoms with Crippen LogP contribution in [0.5, 0.6) is 5.75 Å². The van der Waals surface area contributed by atoms with Crippen molar-refractivity contribution in [2.45, 2.75) is 51.0 Å². The van der Waals surface area contributed by atoms with Crippen molar-refractivity contribution in [2.75, 3.05) is 6.61 Å². The van der Waals surface area contributed by atoms with E-state index < -0.39 is 0 Å². The zero-order valence-corrected chi connectivity index (χ0v) is 16.0. The standard InChI is InChI=1S/C23H24FNO2/c1-14-11-15(5-7-18(14)24)25-19-8-6-16(26)12-17(19)20-21(25)22(2,3)13-27-23(20)9-4-10-23/h5-8,11-12,26H,4,9-10,13H2,1-3H3. The third-order valence-corrected chi connectivity index (χ3v) is 6.32. The lowest BCUT2D eigenvalue weighted by Crippen LogP contribution is -2.47. The van der Waals surface area contributed by atoms with Gasteiger partial charge in [-0.25, -0.2) is 4.39 Å². The molecule has 140 valence electrons. The van der Waals surface area contributed by atoms with Gasteiger partial charge in [0.05, 0.1) is 17.7 Å². The molecule has 1 aliphatic heterocycles. The lowest BCUT2D eigenvalue weighted by atomic mass is 9.68. The number of fused-ring (bicyclic) bond motifs is 4. The monoisotopic (exact) mass is 365 g/mol. The smallest absolute Gasteiger partial charge is 0.126 e. The van der Waals surface area contributed by atoms with Crippen molar-refractivity contribution in [3.05, 3.63) is 59.0 Å². The second-order valence-electron chi connectivity index (χ2n) is 8.71. The molecule has 1 fully saturated rings. The number of aryl methyl sites for hydroxylation is 1. The van der Waals surface area contributed by atoms with E-state index in [1.54, 1.807) is 13.0 Å². The summed E-state index contributed by atoms with van der Waals surface area (Å²) in [5, 5.41) is 11.2. The Hall–Kier alpha value is -2.33. The zero-order valence-electron chi connectivity index (χ0n) is 16.0. The van der Waals surface area contributed by atoms with Gasteiger partial charge in [0.1, 0.15) is 11.6 Å². The van der Waals surface area contributed by atoms with Gasteiger partial charge in [0.15, 0.2) is 0 Å². The lowest BCUT2D eigenvalue weighted by Gasteiger charge is -2.49. The van der Waals surface area contributed by atoms with E-state index in [9.17, 15) is 9.50 Å². The summed E-state index contributed by atoms with van der Waals surface area (Å²) in [7, 11) is 0. The highest BCUT2D eigenvalue weighted by Crippen LogP contribution is 2.55. The lowest BCUT2D eigenvalue weighted by molar-refractivity contribution is -0.132. The highest BCUT2D eigenvalue weighted by Gasteiger charge is 2.51. The molecule has 1 spiro atoms. The summed E-state index contributed by atoms with van der Waals surface area (Å²) in [4.78, 5) is 0. The largest absolute Gasteiger partial charge is 0.508 e. The molecule has 0 unspecified atom stereocenters. The van der Waals surface area contributed by atoms with Gasteiger partial charge in [-0.3, -0.25) is 0 Å². The van der Waals surface area contributed by atoms with Crippen LogP contribution in [0.2, 0.25) is 0 Å². The molecular formula is C23H24FNO2. The Balaban J connectivity index is 1.92. The number of hydrogen-bond donors (Lipinski definition) is 1. The van der Waals surface area contributed by atoms with Crippen molar-refractivity contribution in [2.24, 2.45) is 0 Å². The third kappa shape index (κ3) is 2.23. The maximum Gasteiger partial charge on any atom is 0.126 e. The van der Waals surface area contributed by atoms with Crippen molar-refractivity contribution in [3.8, 4) is 11.4 Å². The maximum absolute atomic E-state index is 13.9. The van der Waals surface area contributed by atoms with Gasteiger partial charge < -0.3 is 14.4 Å². The molecule has 4 heteroatoms. The number of rotatable bonds is 1. The molecule has 1 aliphatic carbocycles. The van der Waals surface area contributed by atoms with Crippen LogP contribution in [-0.2, 0) is 15.8 Å². The predicted molar refractivity (Wildman–Crippen MR) is 104 cm³/mol. The van der Waals surface area contributed by atoms with Crippen LogP contribution in [0.3, 0.4) is 0 Å². The second-order valence-corrected chi connectivity index (χ2v) is 8.71. The van der Waals surface area contributed by atoms with Crippen LogP contribution in [0.15, 0.2) is 36.4 Å². The molecule has 1 saturated carbocycles. The fourth-order valence-corrected chi connectivity index (χ4v) is 4.77. The Morgan fingerprint density at radius 1 is 1.11 bits per heavy atom. The number of nitrogens with zero attached hydrogens (tertiary/aromatic N) is 1. The molecule has 2 aromatic carbocycles. The van der Waals surface area contributed by atoms with Gasteiger partial charge in [0.25, 0.3) is 0 Å². The molecule has 3 aromatic rings.